The molecule has 0 saturated heterocycles. The van der Waals surface area contributed by atoms with Crippen molar-refractivity contribution in [3.8, 4) is 0 Å². The molecular formula is C18H25N5O. The Hall–Kier alpha value is -2.50. The van der Waals surface area contributed by atoms with Gasteiger partial charge in [-0.3, -0.25) is 9.78 Å². The Morgan fingerprint density at radius 1 is 1.25 bits per heavy atom. The lowest BCUT2D eigenvalue weighted by Crippen LogP contribution is -2.29. The van der Waals surface area contributed by atoms with E-state index < -0.39 is 0 Å². The topological polar surface area (TPSA) is 71.0 Å². The van der Waals surface area contributed by atoms with E-state index in [1.807, 2.05) is 12.1 Å². The Bertz CT molecular complexity index is 645. The van der Waals surface area contributed by atoms with Gasteiger partial charge >= 0.3 is 0 Å². The zero-order chi connectivity index (χ0) is 17.4. The third-order valence-corrected chi connectivity index (χ3v) is 3.75. The molecule has 0 radical (unpaired) electrons. The van der Waals surface area contributed by atoms with Gasteiger partial charge in [-0.2, -0.15) is 0 Å². The van der Waals surface area contributed by atoms with Crippen LogP contribution in [0, 0.1) is 5.92 Å². The molecule has 0 aliphatic carbocycles. The molecule has 0 atom stereocenters. The van der Waals surface area contributed by atoms with E-state index >= 15 is 0 Å². The van der Waals surface area contributed by atoms with Crippen LogP contribution in [0.4, 0.5) is 5.82 Å². The van der Waals surface area contributed by atoms with Crippen LogP contribution in [0.3, 0.4) is 0 Å². The van der Waals surface area contributed by atoms with Crippen molar-refractivity contribution < 1.29 is 4.79 Å². The van der Waals surface area contributed by atoms with Gasteiger partial charge in [0.2, 0.25) is 0 Å². The largest absolute Gasteiger partial charge is 0.370 e. The third kappa shape index (κ3) is 5.61. The summed E-state index contributed by atoms with van der Waals surface area (Å²) in [7, 11) is 1.79. The second kappa shape index (κ2) is 8.96. The number of carbonyl (C=O) groups is 1. The Labute approximate surface area is 143 Å². The highest BCUT2D eigenvalue weighted by Gasteiger charge is 2.14. The van der Waals surface area contributed by atoms with E-state index in [1.165, 1.54) is 6.33 Å². The highest BCUT2D eigenvalue weighted by molar-refractivity contribution is 5.92. The predicted molar refractivity (Wildman–Crippen MR) is 94.9 cm³/mol. The van der Waals surface area contributed by atoms with Crippen LogP contribution in [0.5, 0.6) is 0 Å². The second-order valence-corrected chi connectivity index (χ2v) is 6.23. The fraction of sp³-hybridized carbons (Fsp3) is 0.444. The van der Waals surface area contributed by atoms with Gasteiger partial charge in [-0.25, -0.2) is 9.97 Å². The van der Waals surface area contributed by atoms with E-state index in [0.29, 0.717) is 24.0 Å². The molecule has 0 fully saturated rings. The number of nitrogens with zero attached hydrogens (tertiary/aromatic N) is 4. The first-order valence-electron chi connectivity index (χ1n) is 8.26. The summed E-state index contributed by atoms with van der Waals surface area (Å²) in [6, 6.07) is 5.63. The van der Waals surface area contributed by atoms with Gasteiger partial charge in [0.1, 0.15) is 17.8 Å². The molecule has 0 spiro atoms. The zero-order valence-electron chi connectivity index (χ0n) is 14.6. The van der Waals surface area contributed by atoms with Crippen molar-refractivity contribution in [3.05, 3.63) is 48.2 Å². The molecule has 24 heavy (non-hydrogen) atoms. The summed E-state index contributed by atoms with van der Waals surface area (Å²) in [5.74, 6) is 1.22. The van der Waals surface area contributed by atoms with Crippen LogP contribution < -0.4 is 5.32 Å². The van der Waals surface area contributed by atoms with Crippen molar-refractivity contribution in [2.45, 2.75) is 26.7 Å². The van der Waals surface area contributed by atoms with Gasteiger partial charge < -0.3 is 10.2 Å². The van der Waals surface area contributed by atoms with Crippen LogP contribution in [0.25, 0.3) is 0 Å². The minimum atomic E-state index is -0.0987. The summed E-state index contributed by atoms with van der Waals surface area (Å²) in [6.07, 6.45) is 6.80. The molecule has 0 saturated carbocycles. The number of rotatable bonds is 8. The third-order valence-electron chi connectivity index (χ3n) is 3.75. The highest BCUT2D eigenvalue weighted by atomic mass is 16.2. The Morgan fingerprint density at radius 2 is 2.00 bits per heavy atom. The number of anilines is 1. The standard InChI is InChI=1S/C18H25N5O/c1-14(2)4-10-20-17-12-16(21-13-22-17)18(24)23(3)11-7-15-5-8-19-9-6-15/h5-6,8-9,12-14H,4,7,10-11H2,1-3H3,(H,20,21,22). The number of aromatic nitrogens is 3. The van der Waals surface area contributed by atoms with Crippen LogP contribution in [0.15, 0.2) is 36.9 Å². The van der Waals surface area contributed by atoms with Crippen LogP contribution in [0.1, 0.15) is 36.3 Å². The second-order valence-electron chi connectivity index (χ2n) is 6.23. The van der Waals surface area contributed by atoms with Crippen molar-refractivity contribution in [1.29, 1.82) is 0 Å². The molecule has 128 valence electrons. The smallest absolute Gasteiger partial charge is 0.272 e. The van der Waals surface area contributed by atoms with Crippen molar-refractivity contribution in [2.24, 2.45) is 5.92 Å². The van der Waals surface area contributed by atoms with Crippen LogP contribution in [-0.2, 0) is 6.42 Å². The van der Waals surface area contributed by atoms with Gasteiger partial charge in [-0.05, 0) is 36.5 Å². The molecule has 0 bridgehead atoms. The van der Waals surface area contributed by atoms with E-state index in [0.717, 1.165) is 24.9 Å². The SMILES string of the molecule is CC(C)CCNc1cc(C(=O)N(C)CCc2ccncc2)ncn1. The maximum absolute atomic E-state index is 12.5. The monoisotopic (exact) mass is 327 g/mol. The molecule has 2 heterocycles. The quantitative estimate of drug-likeness (QED) is 0.807. The molecule has 0 aliphatic heterocycles. The minimum Gasteiger partial charge on any atom is -0.370 e. The lowest BCUT2D eigenvalue weighted by molar-refractivity contribution is 0.0790. The first kappa shape index (κ1) is 17.8. The minimum absolute atomic E-state index is 0.0987. The van der Waals surface area contributed by atoms with Crippen molar-refractivity contribution >= 4 is 11.7 Å². The van der Waals surface area contributed by atoms with E-state index in [4.69, 9.17) is 0 Å². The number of hydrogen-bond acceptors (Lipinski definition) is 5. The molecule has 2 aromatic rings. The lowest BCUT2D eigenvalue weighted by Gasteiger charge is -2.17. The van der Waals surface area contributed by atoms with Crippen molar-refractivity contribution in [2.75, 3.05) is 25.5 Å². The van der Waals surface area contributed by atoms with E-state index in [-0.39, 0.29) is 5.91 Å². The molecule has 0 unspecified atom stereocenters. The molecule has 0 aliphatic rings. The fourth-order valence-corrected chi connectivity index (χ4v) is 2.20. The van der Waals surface area contributed by atoms with Crippen LogP contribution in [-0.4, -0.2) is 45.9 Å². The Morgan fingerprint density at radius 3 is 2.71 bits per heavy atom. The molecule has 2 rings (SSSR count). The van der Waals surface area contributed by atoms with Gasteiger partial charge in [-0.1, -0.05) is 13.8 Å². The summed E-state index contributed by atoms with van der Waals surface area (Å²) >= 11 is 0. The predicted octanol–water partition coefficient (Wildman–Crippen LogP) is 2.64. The number of amides is 1. The lowest BCUT2D eigenvalue weighted by atomic mass is 10.1. The highest BCUT2D eigenvalue weighted by Crippen LogP contribution is 2.08. The number of carbonyl (C=O) groups excluding carboxylic acids is 1. The molecule has 6 nitrogen and oxygen atoms in total. The van der Waals surface area contributed by atoms with Gasteiger partial charge in [0.15, 0.2) is 0 Å². The maximum Gasteiger partial charge on any atom is 0.272 e. The van der Waals surface area contributed by atoms with E-state index in [2.05, 4.69) is 34.1 Å². The van der Waals surface area contributed by atoms with Crippen molar-refractivity contribution in [3.63, 3.8) is 0 Å². The van der Waals surface area contributed by atoms with Crippen molar-refractivity contribution in [1.82, 2.24) is 19.9 Å². The Balaban J connectivity index is 1.90. The molecule has 6 heteroatoms. The maximum atomic E-state index is 12.5. The Kier molecular flexibility index (Phi) is 6.66. The number of hydrogen-bond donors (Lipinski definition) is 1. The summed E-state index contributed by atoms with van der Waals surface area (Å²) in [4.78, 5) is 26.5. The summed E-state index contributed by atoms with van der Waals surface area (Å²) < 4.78 is 0. The molecule has 0 aromatic carbocycles. The molecule has 1 N–H and O–H groups in total. The fourth-order valence-electron chi connectivity index (χ4n) is 2.20. The molecule has 2 aromatic heterocycles. The van der Waals surface area contributed by atoms with Gasteiger partial charge in [0.25, 0.3) is 5.91 Å². The van der Waals surface area contributed by atoms with Gasteiger partial charge in [0.05, 0.1) is 0 Å². The van der Waals surface area contributed by atoms with Crippen LogP contribution >= 0.6 is 0 Å². The number of pyridine rings is 1. The van der Waals surface area contributed by atoms with E-state index in [1.54, 1.807) is 30.4 Å². The normalized spacial score (nSPS) is 10.7. The van der Waals surface area contributed by atoms with Gasteiger partial charge in [-0.15, -0.1) is 0 Å². The number of likely N-dealkylation sites (N-methyl/N-ethyl adjacent to an activating group) is 1. The van der Waals surface area contributed by atoms with E-state index in [9.17, 15) is 4.79 Å². The molecule has 1 amide bonds. The first-order chi connectivity index (χ1) is 11.6. The van der Waals surface area contributed by atoms with Gasteiger partial charge in [0, 0.05) is 38.6 Å². The average molecular weight is 327 g/mol. The van der Waals surface area contributed by atoms with Crippen LogP contribution in [0.2, 0.25) is 0 Å². The average Bonchev–Trinajstić information content (AvgIpc) is 2.60. The zero-order valence-corrected chi connectivity index (χ0v) is 14.6. The summed E-state index contributed by atoms with van der Waals surface area (Å²) in [6.45, 7) is 5.81. The first-order valence-corrected chi connectivity index (χ1v) is 8.26. The summed E-state index contributed by atoms with van der Waals surface area (Å²) in [5, 5.41) is 3.24. The summed E-state index contributed by atoms with van der Waals surface area (Å²) in [5.41, 5.74) is 1.57. The molecular weight excluding hydrogens is 302 g/mol. The number of nitrogens with one attached hydrogen (secondary N) is 1.